The molecule has 0 spiro atoms. The molecule has 0 saturated heterocycles. The van der Waals surface area contributed by atoms with Crippen LogP contribution in [-0.4, -0.2) is 6.61 Å². The molecular weight excluding hydrogens is 92.1 g/mol. The molecule has 0 fully saturated rings. The van der Waals surface area contributed by atoms with Crippen molar-refractivity contribution in [3.63, 3.8) is 0 Å². The molecule has 2 nitrogen and oxygen atoms in total. The molecular formula is C5H6O2. The Morgan fingerprint density at radius 2 is 2.14 bits per heavy atom. The van der Waals surface area contributed by atoms with Gasteiger partial charge >= 0.3 is 0 Å². The van der Waals surface area contributed by atoms with Crippen LogP contribution in [0.5, 0.6) is 0 Å². The van der Waals surface area contributed by atoms with Crippen LogP contribution in [0.25, 0.3) is 0 Å². The van der Waals surface area contributed by atoms with Crippen LogP contribution in [0.2, 0.25) is 0 Å². The van der Waals surface area contributed by atoms with Gasteiger partial charge in [-0.15, -0.1) is 0 Å². The molecule has 0 aliphatic carbocycles. The van der Waals surface area contributed by atoms with Gasteiger partial charge in [0.25, 0.3) is 0 Å². The van der Waals surface area contributed by atoms with Gasteiger partial charge in [-0.2, -0.15) is 0 Å². The summed E-state index contributed by atoms with van der Waals surface area (Å²) in [6.07, 6.45) is 6.38. The first-order valence-corrected chi connectivity index (χ1v) is 2.07. The summed E-state index contributed by atoms with van der Waals surface area (Å²) < 4.78 is 9.51. The zero-order valence-corrected chi connectivity index (χ0v) is 3.83. The highest BCUT2D eigenvalue weighted by atomic mass is 16.5. The molecule has 0 unspecified atom stereocenters. The number of ether oxygens (including phenoxy) is 2. The Bertz CT molecular complexity index is 82.3. The number of rotatable bonds is 0. The Labute approximate surface area is 42.0 Å². The van der Waals surface area contributed by atoms with E-state index in [2.05, 4.69) is 0 Å². The fraction of sp³-hybridized carbons (Fsp3) is 0.200. The van der Waals surface area contributed by atoms with Crippen LogP contribution in [0.3, 0.4) is 0 Å². The average Bonchev–Trinajstić information content (AvgIpc) is 1.90. The molecule has 0 atom stereocenters. The predicted molar refractivity (Wildman–Crippen MR) is 25.3 cm³/mol. The van der Waals surface area contributed by atoms with Gasteiger partial charge in [0.15, 0.2) is 0 Å². The Balaban J connectivity index is 2.38. The minimum Gasteiger partial charge on any atom is -0.494 e. The van der Waals surface area contributed by atoms with Gasteiger partial charge in [0, 0.05) is 0 Å². The van der Waals surface area contributed by atoms with Crippen molar-refractivity contribution in [1.82, 2.24) is 0 Å². The molecule has 0 amide bonds. The summed E-state index contributed by atoms with van der Waals surface area (Å²) in [5.74, 6) is 0. The van der Waals surface area contributed by atoms with Gasteiger partial charge in [-0.3, -0.25) is 0 Å². The molecule has 0 saturated carbocycles. The molecule has 1 aliphatic heterocycles. The Morgan fingerprint density at radius 1 is 1.14 bits per heavy atom. The first kappa shape index (κ1) is 4.24. The van der Waals surface area contributed by atoms with Gasteiger partial charge in [-0.25, -0.2) is 0 Å². The van der Waals surface area contributed by atoms with E-state index in [9.17, 15) is 0 Å². The van der Waals surface area contributed by atoms with E-state index in [4.69, 9.17) is 9.47 Å². The quantitative estimate of drug-likeness (QED) is 0.450. The summed E-state index contributed by atoms with van der Waals surface area (Å²) in [4.78, 5) is 0. The van der Waals surface area contributed by atoms with E-state index in [1.54, 1.807) is 12.3 Å². The lowest BCUT2D eigenvalue weighted by molar-refractivity contribution is 0.284. The summed E-state index contributed by atoms with van der Waals surface area (Å²) in [6, 6.07) is 0. The van der Waals surface area contributed by atoms with Crippen LogP contribution in [0, 0.1) is 0 Å². The lowest BCUT2D eigenvalue weighted by Gasteiger charge is -1.84. The molecule has 1 heterocycles. The molecule has 0 bridgehead atoms. The smallest absolute Gasteiger partial charge is 0.125 e. The standard InChI is InChI=1S/C5H6O2/c1-2-6-4-5-7-3-1/h1-2,4-5H,3H2. The maximum atomic E-state index is 4.80. The van der Waals surface area contributed by atoms with Crippen molar-refractivity contribution in [2.75, 3.05) is 6.61 Å². The zero-order valence-electron chi connectivity index (χ0n) is 3.83. The van der Waals surface area contributed by atoms with Gasteiger partial charge in [-0.05, 0) is 6.08 Å². The maximum Gasteiger partial charge on any atom is 0.125 e. The summed E-state index contributed by atoms with van der Waals surface area (Å²) >= 11 is 0. The van der Waals surface area contributed by atoms with Crippen LogP contribution in [-0.2, 0) is 9.47 Å². The fourth-order valence-corrected chi connectivity index (χ4v) is 0.323. The molecule has 0 aromatic rings. The summed E-state index contributed by atoms with van der Waals surface area (Å²) in [7, 11) is 0. The van der Waals surface area contributed by atoms with Gasteiger partial charge < -0.3 is 9.47 Å². The lowest BCUT2D eigenvalue weighted by Crippen LogP contribution is -1.75. The van der Waals surface area contributed by atoms with E-state index < -0.39 is 0 Å². The normalized spacial score (nSPS) is 17.1. The SMILES string of the molecule is C1=COC=COC1. The summed E-state index contributed by atoms with van der Waals surface area (Å²) in [5, 5.41) is 0. The van der Waals surface area contributed by atoms with E-state index >= 15 is 0 Å². The molecule has 0 aromatic carbocycles. The third kappa shape index (κ3) is 1.30. The molecule has 0 aromatic heterocycles. The molecule has 0 N–H and O–H groups in total. The fourth-order valence-electron chi connectivity index (χ4n) is 0.323. The highest BCUT2D eigenvalue weighted by Crippen LogP contribution is 1.88. The van der Waals surface area contributed by atoms with E-state index in [0.717, 1.165) is 0 Å². The Hall–Kier alpha value is -0.920. The minimum atomic E-state index is 0.608. The largest absolute Gasteiger partial charge is 0.494 e. The van der Waals surface area contributed by atoms with Crippen molar-refractivity contribution in [2.24, 2.45) is 0 Å². The van der Waals surface area contributed by atoms with Crippen LogP contribution in [0.1, 0.15) is 0 Å². The third-order valence-corrected chi connectivity index (χ3v) is 0.598. The third-order valence-electron chi connectivity index (χ3n) is 0.598. The topological polar surface area (TPSA) is 18.5 Å². The second-order valence-electron chi connectivity index (χ2n) is 1.11. The predicted octanol–water partition coefficient (Wildman–Crippen LogP) is 1.02. The van der Waals surface area contributed by atoms with E-state index in [1.165, 1.54) is 12.5 Å². The molecule has 38 valence electrons. The van der Waals surface area contributed by atoms with Crippen molar-refractivity contribution in [3.05, 3.63) is 24.9 Å². The number of hydrogen-bond acceptors (Lipinski definition) is 2. The van der Waals surface area contributed by atoms with Crippen molar-refractivity contribution >= 4 is 0 Å². The molecule has 0 radical (unpaired) electrons. The minimum absolute atomic E-state index is 0.608. The maximum absolute atomic E-state index is 4.80. The second-order valence-corrected chi connectivity index (χ2v) is 1.11. The average molecular weight is 98.1 g/mol. The van der Waals surface area contributed by atoms with E-state index in [1.807, 2.05) is 0 Å². The Kier molecular flexibility index (Phi) is 1.39. The molecule has 1 rings (SSSR count). The van der Waals surface area contributed by atoms with Crippen molar-refractivity contribution < 1.29 is 9.47 Å². The zero-order chi connectivity index (χ0) is 4.95. The monoisotopic (exact) mass is 98.0 g/mol. The van der Waals surface area contributed by atoms with Gasteiger partial charge in [0.2, 0.25) is 0 Å². The van der Waals surface area contributed by atoms with E-state index in [-0.39, 0.29) is 0 Å². The highest BCUT2D eigenvalue weighted by Gasteiger charge is 1.78. The van der Waals surface area contributed by atoms with Gasteiger partial charge in [0.05, 0.1) is 6.26 Å². The molecule has 1 aliphatic rings. The van der Waals surface area contributed by atoms with Crippen LogP contribution < -0.4 is 0 Å². The van der Waals surface area contributed by atoms with Crippen molar-refractivity contribution in [3.8, 4) is 0 Å². The van der Waals surface area contributed by atoms with Gasteiger partial charge in [-0.1, -0.05) is 0 Å². The van der Waals surface area contributed by atoms with Crippen LogP contribution in [0.4, 0.5) is 0 Å². The lowest BCUT2D eigenvalue weighted by atomic mass is 10.7. The van der Waals surface area contributed by atoms with Crippen molar-refractivity contribution in [2.45, 2.75) is 0 Å². The molecule has 2 heteroatoms. The second kappa shape index (κ2) is 2.29. The number of hydrogen-bond donors (Lipinski definition) is 0. The van der Waals surface area contributed by atoms with Crippen molar-refractivity contribution in [1.29, 1.82) is 0 Å². The Morgan fingerprint density at radius 3 is 3.14 bits per heavy atom. The van der Waals surface area contributed by atoms with E-state index in [0.29, 0.717) is 6.61 Å². The first-order chi connectivity index (χ1) is 3.50. The van der Waals surface area contributed by atoms with Gasteiger partial charge in [0.1, 0.15) is 19.1 Å². The summed E-state index contributed by atoms with van der Waals surface area (Å²) in [5.41, 5.74) is 0. The summed E-state index contributed by atoms with van der Waals surface area (Å²) in [6.45, 7) is 0.608. The highest BCUT2D eigenvalue weighted by molar-refractivity contribution is 4.80. The van der Waals surface area contributed by atoms with Crippen LogP contribution in [0.15, 0.2) is 24.9 Å². The molecule has 7 heavy (non-hydrogen) atoms. The first-order valence-electron chi connectivity index (χ1n) is 2.07. The van der Waals surface area contributed by atoms with Crippen LogP contribution >= 0.6 is 0 Å².